The lowest BCUT2D eigenvalue weighted by Gasteiger charge is -2.12. The quantitative estimate of drug-likeness (QED) is 0.565. The molecule has 3 amide bonds. The van der Waals surface area contributed by atoms with E-state index in [0.717, 1.165) is 4.68 Å². The largest absolute Gasteiger partial charge is 0.461 e. The summed E-state index contributed by atoms with van der Waals surface area (Å²) in [6, 6.07) is -1.89. The summed E-state index contributed by atoms with van der Waals surface area (Å²) < 4.78 is 5.95. The predicted octanol–water partition coefficient (Wildman–Crippen LogP) is -1.33. The van der Waals surface area contributed by atoms with Gasteiger partial charge in [0.15, 0.2) is 5.69 Å². The van der Waals surface area contributed by atoms with Crippen molar-refractivity contribution in [3.63, 3.8) is 0 Å². The van der Waals surface area contributed by atoms with Crippen LogP contribution in [0.5, 0.6) is 0 Å². The van der Waals surface area contributed by atoms with E-state index in [2.05, 4.69) is 10.3 Å². The number of carbonyl (C=O) groups excluding carboxylic acids is 3. The smallest absolute Gasteiger partial charge is 0.360 e. The fourth-order valence-electron chi connectivity index (χ4n) is 1.51. The van der Waals surface area contributed by atoms with Gasteiger partial charge in [0.05, 0.1) is 12.3 Å². The maximum atomic E-state index is 11.7. The minimum Gasteiger partial charge on any atom is -0.461 e. The lowest BCUT2D eigenvalue weighted by molar-refractivity contribution is -0.123. The number of imide groups is 1. The summed E-state index contributed by atoms with van der Waals surface area (Å²) in [5, 5.41) is 9.25. The molecule has 1 aromatic heterocycles. The molecule has 1 atom stereocenters. The molecule has 0 spiro atoms. The van der Waals surface area contributed by atoms with Crippen LogP contribution in [0.15, 0.2) is 0 Å². The Morgan fingerprint density at radius 1 is 1.45 bits per heavy atom. The lowest BCUT2D eigenvalue weighted by atomic mass is 10.2. The number of rotatable bonds is 5. The molecule has 1 aromatic rings. The molecule has 1 unspecified atom stereocenters. The van der Waals surface area contributed by atoms with Crippen LogP contribution in [0, 0.1) is 0 Å². The molecule has 0 saturated heterocycles. The maximum Gasteiger partial charge on any atom is 0.360 e. The second-order valence-electron chi connectivity index (χ2n) is 3.78. The molecule has 0 aliphatic carbocycles. The molecule has 20 heavy (non-hydrogen) atoms. The van der Waals surface area contributed by atoms with E-state index in [4.69, 9.17) is 16.2 Å². The Morgan fingerprint density at radius 3 is 2.60 bits per heavy atom. The Kier molecular flexibility index (Phi) is 5.15. The number of aromatic nitrogens is 3. The average molecular weight is 284 g/mol. The highest BCUT2D eigenvalue weighted by molar-refractivity contribution is 5.95. The van der Waals surface area contributed by atoms with Gasteiger partial charge in [0.1, 0.15) is 6.04 Å². The van der Waals surface area contributed by atoms with Crippen LogP contribution in [0.2, 0.25) is 0 Å². The van der Waals surface area contributed by atoms with Crippen LogP contribution >= 0.6 is 0 Å². The monoisotopic (exact) mass is 284 g/mol. The van der Waals surface area contributed by atoms with Gasteiger partial charge in [-0.15, -0.1) is 5.10 Å². The molecule has 0 bridgehead atoms. The molecular weight excluding hydrogens is 268 g/mol. The summed E-state index contributed by atoms with van der Waals surface area (Å²) >= 11 is 0. The van der Waals surface area contributed by atoms with Crippen molar-refractivity contribution in [2.75, 3.05) is 6.61 Å². The standard InChI is InChI=1S/C10H16N6O4/c1-3-20-9(18)7-6(4-11)16(15-14-7)5(2)8(17)13-10(12)19/h5H,3-4,11H2,1-2H3,(H3,12,13,17,19). The summed E-state index contributed by atoms with van der Waals surface area (Å²) in [6.07, 6.45) is 0. The fourth-order valence-corrected chi connectivity index (χ4v) is 1.51. The third-order valence-electron chi connectivity index (χ3n) is 2.45. The Balaban J connectivity index is 3.04. The average Bonchev–Trinajstić information content (AvgIpc) is 2.80. The number of nitrogens with two attached hydrogens (primary N) is 2. The molecule has 0 radical (unpaired) electrons. The van der Waals surface area contributed by atoms with Crippen molar-refractivity contribution < 1.29 is 19.1 Å². The highest BCUT2D eigenvalue weighted by atomic mass is 16.5. The predicted molar refractivity (Wildman–Crippen MR) is 66.3 cm³/mol. The van der Waals surface area contributed by atoms with Gasteiger partial charge < -0.3 is 16.2 Å². The van der Waals surface area contributed by atoms with Gasteiger partial charge in [0, 0.05) is 6.54 Å². The summed E-state index contributed by atoms with van der Waals surface area (Å²) in [5.41, 5.74) is 10.6. The van der Waals surface area contributed by atoms with Crippen molar-refractivity contribution in [1.82, 2.24) is 20.3 Å². The molecule has 0 saturated carbocycles. The van der Waals surface area contributed by atoms with Gasteiger partial charge in [-0.25, -0.2) is 14.3 Å². The summed E-state index contributed by atoms with van der Waals surface area (Å²) in [4.78, 5) is 34.0. The van der Waals surface area contributed by atoms with E-state index in [0.29, 0.717) is 0 Å². The van der Waals surface area contributed by atoms with Gasteiger partial charge >= 0.3 is 12.0 Å². The van der Waals surface area contributed by atoms with E-state index < -0.39 is 23.9 Å². The van der Waals surface area contributed by atoms with Gasteiger partial charge in [-0.05, 0) is 13.8 Å². The minimum absolute atomic E-state index is 0.0620. The molecule has 5 N–H and O–H groups in total. The number of hydrogen-bond acceptors (Lipinski definition) is 7. The first-order valence-corrected chi connectivity index (χ1v) is 5.83. The Morgan fingerprint density at radius 2 is 2.10 bits per heavy atom. The van der Waals surface area contributed by atoms with Crippen molar-refractivity contribution >= 4 is 17.9 Å². The van der Waals surface area contributed by atoms with E-state index in [1.54, 1.807) is 6.92 Å². The molecular formula is C10H16N6O4. The van der Waals surface area contributed by atoms with Gasteiger partial charge in [0.25, 0.3) is 5.91 Å². The number of nitrogens with zero attached hydrogens (tertiary/aromatic N) is 3. The second-order valence-corrected chi connectivity index (χ2v) is 3.78. The normalized spacial score (nSPS) is 11.8. The van der Waals surface area contributed by atoms with Crippen molar-refractivity contribution in [2.45, 2.75) is 26.4 Å². The number of esters is 1. The zero-order valence-electron chi connectivity index (χ0n) is 11.1. The number of primary amides is 1. The van der Waals surface area contributed by atoms with E-state index in [1.165, 1.54) is 6.92 Å². The number of ether oxygens (including phenoxy) is 1. The van der Waals surface area contributed by atoms with Crippen LogP contribution < -0.4 is 16.8 Å². The van der Waals surface area contributed by atoms with Crippen molar-refractivity contribution in [2.24, 2.45) is 11.5 Å². The third-order valence-corrected chi connectivity index (χ3v) is 2.45. The molecule has 0 aliphatic rings. The van der Waals surface area contributed by atoms with E-state index in [1.807, 2.05) is 5.32 Å². The van der Waals surface area contributed by atoms with E-state index in [9.17, 15) is 14.4 Å². The van der Waals surface area contributed by atoms with Crippen LogP contribution in [-0.4, -0.2) is 39.5 Å². The number of urea groups is 1. The SMILES string of the molecule is CCOC(=O)c1nnn(C(C)C(=O)NC(N)=O)c1CN. The molecule has 0 aliphatic heterocycles. The van der Waals surface area contributed by atoms with Gasteiger partial charge in [-0.2, -0.15) is 0 Å². The topological polar surface area (TPSA) is 155 Å². The van der Waals surface area contributed by atoms with Gasteiger partial charge in [-0.1, -0.05) is 5.21 Å². The van der Waals surface area contributed by atoms with Crippen LogP contribution in [0.25, 0.3) is 0 Å². The lowest BCUT2D eigenvalue weighted by Crippen LogP contribution is -2.39. The molecule has 10 heteroatoms. The van der Waals surface area contributed by atoms with E-state index in [-0.39, 0.29) is 24.5 Å². The van der Waals surface area contributed by atoms with Gasteiger partial charge in [-0.3, -0.25) is 10.1 Å². The molecule has 0 fully saturated rings. The Labute approximate surface area is 114 Å². The molecule has 1 heterocycles. The molecule has 1 rings (SSSR count). The third kappa shape index (κ3) is 3.29. The molecule has 0 aromatic carbocycles. The highest BCUT2D eigenvalue weighted by Gasteiger charge is 2.26. The van der Waals surface area contributed by atoms with Crippen LogP contribution in [0.1, 0.15) is 36.1 Å². The second kappa shape index (κ2) is 6.61. The zero-order valence-corrected chi connectivity index (χ0v) is 11.1. The number of carbonyl (C=O) groups is 3. The zero-order chi connectivity index (χ0) is 15.3. The van der Waals surface area contributed by atoms with Crippen molar-refractivity contribution in [3.05, 3.63) is 11.4 Å². The Bertz CT molecular complexity index is 526. The van der Waals surface area contributed by atoms with Crippen LogP contribution in [-0.2, 0) is 16.1 Å². The van der Waals surface area contributed by atoms with Crippen LogP contribution in [0.3, 0.4) is 0 Å². The first-order chi connectivity index (χ1) is 9.42. The fraction of sp³-hybridized carbons (Fsp3) is 0.500. The van der Waals surface area contributed by atoms with Crippen molar-refractivity contribution in [3.8, 4) is 0 Å². The summed E-state index contributed by atoms with van der Waals surface area (Å²) in [6.45, 7) is 3.21. The highest BCUT2D eigenvalue weighted by Crippen LogP contribution is 2.13. The number of hydrogen-bond donors (Lipinski definition) is 3. The van der Waals surface area contributed by atoms with Crippen LogP contribution in [0.4, 0.5) is 4.79 Å². The molecule has 110 valence electrons. The van der Waals surface area contributed by atoms with E-state index >= 15 is 0 Å². The number of amides is 3. The summed E-state index contributed by atoms with van der Waals surface area (Å²) in [5.74, 6) is -1.37. The summed E-state index contributed by atoms with van der Waals surface area (Å²) in [7, 11) is 0. The first kappa shape index (κ1) is 15.6. The van der Waals surface area contributed by atoms with Crippen molar-refractivity contribution in [1.29, 1.82) is 0 Å². The Hall–Kier alpha value is -2.49. The maximum absolute atomic E-state index is 11.7. The number of nitrogens with one attached hydrogen (secondary N) is 1. The van der Waals surface area contributed by atoms with Gasteiger partial charge in [0.2, 0.25) is 0 Å². The first-order valence-electron chi connectivity index (χ1n) is 5.83. The minimum atomic E-state index is -0.984. The molecule has 10 nitrogen and oxygen atoms in total.